The van der Waals surface area contributed by atoms with Gasteiger partial charge in [0.15, 0.2) is 6.29 Å². The number of H-pyrrole nitrogens is 1. The molecule has 1 N–H and O–H groups in total. The Bertz CT molecular complexity index is 585. The van der Waals surface area contributed by atoms with E-state index < -0.39 is 6.29 Å². The van der Waals surface area contributed by atoms with Crippen LogP contribution in [0.2, 0.25) is 0 Å². The first-order valence-electron chi connectivity index (χ1n) is 5.36. The number of para-hydroxylation sites is 1. The molecule has 0 aliphatic rings. The van der Waals surface area contributed by atoms with Gasteiger partial charge >= 0.3 is 0 Å². The maximum absolute atomic E-state index is 12.0. The monoisotopic (exact) mass is 233 g/mol. The van der Waals surface area contributed by atoms with Gasteiger partial charge in [-0.3, -0.25) is 4.79 Å². The summed E-state index contributed by atoms with van der Waals surface area (Å²) in [4.78, 5) is 14.8. The second kappa shape index (κ2) is 4.69. The molecule has 0 spiro atoms. The SMILES string of the molecule is COC(OC)c1c(C)c2ccccc2[nH]c1=O. The van der Waals surface area contributed by atoms with Gasteiger partial charge in [0.1, 0.15) is 0 Å². The highest BCUT2D eigenvalue weighted by molar-refractivity contribution is 5.82. The quantitative estimate of drug-likeness (QED) is 0.826. The molecule has 0 fully saturated rings. The first kappa shape index (κ1) is 11.8. The lowest BCUT2D eigenvalue weighted by Gasteiger charge is -2.16. The number of aromatic amines is 1. The van der Waals surface area contributed by atoms with Gasteiger partial charge in [0, 0.05) is 25.1 Å². The van der Waals surface area contributed by atoms with E-state index in [1.165, 1.54) is 14.2 Å². The molecule has 0 amide bonds. The van der Waals surface area contributed by atoms with Crippen molar-refractivity contribution in [2.45, 2.75) is 13.2 Å². The molecule has 0 aliphatic heterocycles. The van der Waals surface area contributed by atoms with E-state index in [2.05, 4.69) is 4.98 Å². The van der Waals surface area contributed by atoms with Crippen LogP contribution >= 0.6 is 0 Å². The fraction of sp³-hybridized carbons (Fsp3) is 0.308. The second-order valence-electron chi connectivity index (χ2n) is 3.84. The van der Waals surface area contributed by atoms with Gasteiger partial charge in [-0.25, -0.2) is 0 Å². The minimum atomic E-state index is -0.636. The van der Waals surface area contributed by atoms with Crippen LogP contribution < -0.4 is 5.56 Å². The summed E-state index contributed by atoms with van der Waals surface area (Å²) in [6, 6.07) is 7.67. The zero-order valence-electron chi connectivity index (χ0n) is 10.1. The molecule has 0 atom stereocenters. The van der Waals surface area contributed by atoms with E-state index in [1.807, 2.05) is 31.2 Å². The lowest BCUT2D eigenvalue weighted by atomic mass is 10.0. The summed E-state index contributed by atoms with van der Waals surface area (Å²) in [5, 5.41) is 1.00. The number of aryl methyl sites for hydroxylation is 1. The number of nitrogens with one attached hydrogen (secondary N) is 1. The lowest BCUT2D eigenvalue weighted by molar-refractivity contribution is -0.107. The molecule has 0 bridgehead atoms. The third-order valence-electron chi connectivity index (χ3n) is 2.89. The molecule has 1 heterocycles. The minimum Gasteiger partial charge on any atom is -0.351 e. The van der Waals surface area contributed by atoms with E-state index in [4.69, 9.17) is 9.47 Å². The van der Waals surface area contributed by atoms with Crippen molar-refractivity contribution in [1.82, 2.24) is 4.98 Å². The Morgan fingerprint density at radius 2 is 1.82 bits per heavy atom. The van der Waals surface area contributed by atoms with Gasteiger partial charge in [0.05, 0.1) is 5.56 Å². The molecule has 4 heteroatoms. The zero-order valence-corrected chi connectivity index (χ0v) is 10.1. The number of hydrogen-bond donors (Lipinski definition) is 1. The van der Waals surface area contributed by atoms with E-state index in [9.17, 15) is 4.79 Å². The highest BCUT2D eigenvalue weighted by Crippen LogP contribution is 2.23. The Morgan fingerprint density at radius 1 is 1.18 bits per heavy atom. The van der Waals surface area contributed by atoms with Crippen molar-refractivity contribution in [1.29, 1.82) is 0 Å². The standard InChI is InChI=1S/C13H15NO3/c1-8-9-6-4-5-7-10(9)14-12(15)11(8)13(16-2)17-3/h4-7,13H,1-3H3,(H,14,15). The van der Waals surface area contributed by atoms with Crippen molar-refractivity contribution in [3.05, 3.63) is 45.7 Å². The third-order valence-corrected chi connectivity index (χ3v) is 2.89. The lowest BCUT2D eigenvalue weighted by Crippen LogP contribution is -2.20. The highest BCUT2D eigenvalue weighted by Gasteiger charge is 2.18. The molecule has 0 saturated carbocycles. The number of fused-ring (bicyclic) bond motifs is 1. The van der Waals surface area contributed by atoms with Crippen LogP contribution in [0.3, 0.4) is 0 Å². The van der Waals surface area contributed by atoms with E-state index >= 15 is 0 Å². The third kappa shape index (κ3) is 1.97. The van der Waals surface area contributed by atoms with Crippen molar-refractivity contribution in [3.63, 3.8) is 0 Å². The Morgan fingerprint density at radius 3 is 2.47 bits per heavy atom. The van der Waals surface area contributed by atoms with Gasteiger partial charge in [-0.2, -0.15) is 0 Å². The van der Waals surface area contributed by atoms with Crippen LogP contribution in [0.1, 0.15) is 17.4 Å². The fourth-order valence-electron chi connectivity index (χ4n) is 2.04. The first-order chi connectivity index (χ1) is 8.19. The Balaban J connectivity index is 2.76. The molecule has 0 saturated heterocycles. The molecule has 0 aliphatic carbocycles. The fourth-order valence-corrected chi connectivity index (χ4v) is 2.04. The Labute approximate surface area is 99.2 Å². The minimum absolute atomic E-state index is 0.171. The number of benzene rings is 1. The first-order valence-corrected chi connectivity index (χ1v) is 5.36. The van der Waals surface area contributed by atoms with Gasteiger partial charge < -0.3 is 14.5 Å². The molecular weight excluding hydrogens is 218 g/mol. The molecular formula is C13H15NO3. The molecule has 2 aromatic rings. The summed E-state index contributed by atoms with van der Waals surface area (Å²) >= 11 is 0. The average molecular weight is 233 g/mol. The Kier molecular flexibility index (Phi) is 3.26. The van der Waals surface area contributed by atoms with Crippen LogP contribution in [-0.2, 0) is 9.47 Å². The van der Waals surface area contributed by atoms with Gasteiger partial charge in [0.2, 0.25) is 0 Å². The van der Waals surface area contributed by atoms with Crippen LogP contribution in [0.25, 0.3) is 10.9 Å². The number of pyridine rings is 1. The smallest absolute Gasteiger partial charge is 0.257 e. The van der Waals surface area contributed by atoms with E-state index in [0.717, 1.165) is 16.5 Å². The maximum Gasteiger partial charge on any atom is 0.257 e. The number of ether oxygens (including phenoxy) is 2. The zero-order chi connectivity index (χ0) is 12.4. The van der Waals surface area contributed by atoms with Crippen molar-refractivity contribution < 1.29 is 9.47 Å². The number of aromatic nitrogens is 1. The molecule has 1 aromatic carbocycles. The summed E-state index contributed by atoms with van der Waals surface area (Å²) in [7, 11) is 3.03. The summed E-state index contributed by atoms with van der Waals surface area (Å²) in [5.41, 5.74) is 2.06. The average Bonchev–Trinajstić information content (AvgIpc) is 2.34. The maximum atomic E-state index is 12.0. The Hall–Kier alpha value is -1.65. The normalized spacial score (nSPS) is 11.3. The van der Waals surface area contributed by atoms with E-state index in [-0.39, 0.29) is 5.56 Å². The van der Waals surface area contributed by atoms with Crippen molar-refractivity contribution in [3.8, 4) is 0 Å². The van der Waals surface area contributed by atoms with Crippen molar-refractivity contribution in [2.75, 3.05) is 14.2 Å². The summed E-state index contributed by atoms with van der Waals surface area (Å²) in [5.74, 6) is 0. The predicted molar refractivity (Wildman–Crippen MR) is 66.1 cm³/mol. The molecule has 17 heavy (non-hydrogen) atoms. The largest absolute Gasteiger partial charge is 0.351 e. The van der Waals surface area contributed by atoms with E-state index in [1.54, 1.807) is 0 Å². The van der Waals surface area contributed by atoms with Crippen molar-refractivity contribution >= 4 is 10.9 Å². The van der Waals surface area contributed by atoms with Crippen LogP contribution in [0, 0.1) is 6.92 Å². The predicted octanol–water partition coefficient (Wildman–Crippen LogP) is 2.13. The summed E-state index contributed by atoms with van der Waals surface area (Å²) in [6.07, 6.45) is -0.636. The van der Waals surface area contributed by atoms with Crippen LogP contribution in [0.15, 0.2) is 29.1 Å². The molecule has 90 valence electrons. The molecule has 4 nitrogen and oxygen atoms in total. The van der Waals surface area contributed by atoms with Gasteiger partial charge in [-0.1, -0.05) is 18.2 Å². The van der Waals surface area contributed by atoms with Crippen LogP contribution in [0.4, 0.5) is 0 Å². The van der Waals surface area contributed by atoms with Gasteiger partial charge in [-0.15, -0.1) is 0 Å². The molecule has 2 rings (SSSR count). The van der Waals surface area contributed by atoms with Crippen LogP contribution in [0.5, 0.6) is 0 Å². The van der Waals surface area contributed by atoms with Gasteiger partial charge in [0.25, 0.3) is 5.56 Å². The summed E-state index contributed by atoms with van der Waals surface area (Å²) in [6.45, 7) is 1.90. The number of rotatable bonds is 3. The molecule has 0 radical (unpaired) electrons. The topological polar surface area (TPSA) is 51.3 Å². The van der Waals surface area contributed by atoms with Crippen molar-refractivity contribution in [2.24, 2.45) is 0 Å². The second-order valence-corrected chi connectivity index (χ2v) is 3.84. The van der Waals surface area contributed by atoms with Gasteiger partial charge in [-0.05, 0) is 18.6 Å². The van der Waals surface area contributed by atoms with Crippen LogP contribution in [-0.4, -0.2) is 19.2 Å². The highest BCUT2D eigenvalue weighted by atomic mass is 16.7. The number of hydrogen-bond acceptors (Lipinski definition) is 3. The number of methoxy groups -OCH3 is 2. The summed E-state index contributed by atoms with van der Waals surface area (Å²) < 4.78 is 10.3. The molecule has 0 unspecified atom stereocenters. The van der Waals surface area contributed by atoms with E-state index in [0.29, 0.717) is 5.56 Å². The molecule has 1 aromatic heterocycles.